The zero-order valence-electron chi connectivity index (χ0n) is 7.75. The highest BCUT2D eigenvalue weighted by Gasteiger charge is 2.21. The van der Waals surface area contributed by atoms with Gasteiger partial charge in [-0.15, -0.1) is 0 Å². The average molecular weight is 255 g/mol. The molecule has 1 fully saturated rings. The summed E-state index contributed by atoms with van der Waals surface area (Å²) in [5.74, 6) is 0.644. The number of ether oxygens (including phenoxy) is 1. The van der Waals surface area contributed by atoms with Gasteiger partial charge in [-0.1, -0.05) is 18.2 Å². The second-order valence-corrected chi connectivity index (χ2v) is 4.14. The third-order valence-corrected chi connectivity index (χ3v) is 3.19. The molecule has 0 aromatic carbocycles. The van der Waals surface area contributed by atoms with E-state index in [1.54, 1.807) is 0 Å². The lowest BCUT2D eigenvalue weighted by atomic mass is 10.1. The molecule has 3 heteroatoms. The number of hydrogen-bond acceptors (Lipinski definition) is 2. The molecule has 14 heavy (non-hydrogen) atoms. The monoisotopic (exact) mass is 254 g/mol. The smallest absolute Gasteiger partial charge is 0.311 e. The van der Waals surface area contributed by atoms with Crippen LogP contribution in [0, 0.1) is 0 Å². The Morgan fingerprint density at radius 3 is 2.79 bits per heavy atom. The molecule has 1 aliphatic carbocycles. The maximum absolute atomic E-state index is 10.9. The molecule has 0 aromatic heterocycles. The second-order valence-electron chi connectivity index (χ2n) is 3.35. The van der Waals surface area contributed by atoms with Gasteiger partial charge in [-0.05, 0) is 34.3 Å². The van der Waals surface area contributed by atoms with Gasteiger partial charge in [-0.3, -0.25) is 4.79 Å². The highest BCUT2D eigenvalue weighted by molar-refractivity contribution is 9.12. The Morgan fingerprint density at radius 1 is 1.36 bits per heavy atom. The minimum absolute atomic E-state index is 0.127. The van der Waals surface area contributed by atoms with Gasteiger partial charge in [0.2, 0.25) is 0 Å². The fraction of sp³-hybridized carbons (Fsp3) is 0.364. The van der Waals surface area contributed by atoms with E-state index in [4.69, 9.17) is 4.74 Å². The molecule has 2 aliphatic rings. The van der Waals surface area contributed by atoms with E-state index in [0.29, 0.717) is 12.8 Å². The first kappa shape index (κ1) is 9.71. The number of allylic oxidation sites excluding steroid dienone is 6. The van der Waals surface area contributed by atoms with Gasteiger partial charge in [0.1, 0.15) is 5.76 Å². The Morgan fingerprint density at radius 2 is 2.21 bits per heavy atom. The maximum Gasteiger partial charge on any atom is 0.311 e. The largest absolute Gasteiger partial charge is 0.430 e. The Bertz CT molecular complexity index is 350. The van der Waals surface area contributed by atoms with Gasteiger partial charge in [-0.2, -0.15) is 0 Å². The molecule has 0 N–H and O–H groups in total. The zero-order chi connectivity index (χ0) is 9.97. The normalized spacial score (nSPS) is 24.6. The molecule has 0 radical (unpaired) electrons. The topological polar surface area (TPSA) is 26.3 Å². The van der Waals surface area contributed by atoms with Gasteiger partial charge >= 0.3 is 5.97 Å². The van der Waals surface area contributed by atoms with E-state index in [2.05, 4.69) is 34.2 Å². The molecular weight excluding hydrogens is 244 g/mol. The quantitative estimate of drug-likeness (QED) is 0.672. The lowest BCUT2D eigenvalue weighted by Gasteiger charge is -2.07. The highest BCUT2D eigenvalue weighted by Crippen LogP contribution is 2.31. The minimum Gasteiger partial charge on any atom is -0.430 e. The molecule has 1 aliphatic heterocycles. The molecule has 1 heterocycles. The lowest BCUT2D eigenvalue weighted by Crippen LogP contribution is -1.93. The molecule has 0 aromatic rings. The van der Waals surface area contributed by atoms with Crippen LogP contribution in [0.2, 0.25) is 0 Å². The van der Waals surface area contributed by atoms with Crippen LogP contribution in [-0.2, 0) is 9.53 Å². The average Bonchev–Trinajstić information content (AvgIpc) is 2.65. The molecule has 0 spiro atoms. The molecule has 0 bridgehead atoms. The van der Waals surface area contributed by atoms with Crippen molar-refractivity contribution in [3.63, 3.8) is 0 Å². The van der Waals surface area contributed by atoms with Crippen LogP contribution in [0.5, 0.6) is 0 Å². The predicted molar refractivity (Wildman–Crippen MR) is 57.7 cm³/mol. The third kappa shape index (κ3) is 1.98. The van der Waals surface area contributed by atoms with Crippen LogP contribution in [0.3, 0.4) is 0 Å². The SMILES string of the molecule is O=C1CC/C(=C(/Br)C2=CCCC=C2)O1. The van der Waals surface area contributed by atoms with Crippen molar-refractivity contribution in [2.24, 2.45) is 0 Å². The molecule has 2 nitrogen and oxygen atoms in total. The van der Waals surface area contributed by atoms with Crippen molar-refractivity contribution in [2.45, 2.75) is 25.7 Å². The highest BCUT2D eigenvalue weighted by atomic mass is 79.9. The van der Waals surface area contributed by atoms with Crippen molar-refractivity contribution in [2.75, 3.05) is 0 Å². The van der Waals surface area contributed by atoms with Crippen molar-refractivity contribution >= 4 is 21.9 Å². The molecule has 0 saturated carbocycles. The van der Waals surface area contributed by atoms with Gasteiger partial charge in [0.05, 0.1) is 10.9 Å². The van der Waals surface area contributed by atoms with Crippen molar-refractivity contribution in [3.05, 3.63) is 34.0 Å². The summed E-state index contributed by atoms with van der Waals surface area (Å²) in [7, 11) is 0. The summed E-state index contributed by atoms with van der Waals surface area (Å²) in [6, 6.07) is 0. The first-order valence-electron chi connectivity index (χ1n) is 4.74. The van der Waals surface area contributed by atoms with Crippen LogP contribution in [0.4, 0.5) is 0 Å². The van der Waals surface area contributed by atoms with Crippen LogP contribution < -0.4 is 0 Å². The molecule has 1 saturated heterocycles. The van der Waals surface area contributed by atoms with E-state index >= 15 is 0 Å². The van der Waals surface area contributed by atoms with E-state index in [0.717, 1.165) is 28.7 Å². The summed E-state index contributed by atoms with van der Waals surface area (Å²) in [6.07, 6.45) is 9.72. The van der Waals surface area contributed by atoms with Crippen molar-refractivity contribution < 1.29 is 9.53 Å². The molecular formula is C11H11BrO2. The molecule has 2 rings (SSSR count). The number of esters is 1. The van der Waals surface area contributed by atoms with Gasteiger partial charge in [0.25, 0.3) is 0 Å². The van der Waals surface area contributed by atoms with E-state index in [1.807, 2.05) is 0 Å². The number of hydrogen-bond donors (Lipinski definition) is 0. The van der Waals surface area contributed by atoms with Gasteiger partial charge in [0, 0.05) is 6.42 Å². The summed E-state index contributed by atoms with van der Waals surface area (Å²) >= 11 is 3.48. The summed E-state index contributed by atoms with van der Waals surface area (Å²) in [5.41, 5.74) is 1.13. The lowest BCUT2D eigenvalue weighted by molar-refractivity contribution is -0.135. The van der Waals surface area contributed by atoms with Crippen molar-refractivity contribution in [1.82, 2.24) is 0 Å². The molecule has 0 atom stereocenters. The van der Waals surface area contributed by atoms with Crippen LogP contribution in [0.25, 0.3) is 0 Å². The summed E-state index contributed by atoms with van der Waals surface area (Å²) in [5, 5.41) is 0. The van der Waals surface area contributed by atoms with Crippen LogP contribution in [0.15, 0.2) is 34.0 Å². The maximum atomic E-state index is 10.9. The van der Waals surface area contributed by atoms with Crippen LogP contribution >= 0.6 is 15.9 Å². The molecule has 74 valence electrons. The number of halogens is 1. The Kier molecular flexibility index (Phi) is 2.87. The first-order chi connectivity index (χ1) is 6.77. The van der Waals surface area contributed by atoms with Crippen molar-refractivity contribution in [1.29, 1.82) is 0 Å². The van der Waals surface area contributed by atoms with Crippen LogP contribution in [0.1, 0.15) is 25.7 Å². The molecule has 0 amide bonds. The number of rotatable bonds is 1. The Labute approximate surface area is 91.5 Å². The van der Waals surface area contributed by atoms with Gasteiger partial charge in [0.15, 0.2) is 0 Å². The first-order valence-corrected chi connectivity index (χ1v) is 5.53. The summed E-state index contributed by atoms with van der Waals surface area (Å²) in [4.78, 5) is 10.9. The van der Waals surface area contributed by atoms with Crippen LogP contribution in [-0.4, -0.2) is 5.97 Å². The Balaban J connectivity index is 2.21. The fourth-order valence-corrected chi connectivity index (χ4v) is 2.12. The zero-order valence-corrected chi connectivity index (χ0v) is 9.34. The predicted octanol–water partition coefficient (Wildman–Crippen LogP) is 3.21. The van der Waals surface area contributed by atoms with E-state index in [-0.39, 0.29) is 5.97 Å². The standard InChI is InChI=1S/C11H11BrO2/c12-11(8-4-2-1-3-5-8)9-6-7-10(13)14-9/h2,4-5H,1,3,6-7H2/b11-9-. The van der Waals surface area contributed by atoms with Gasteiger partial charge < -0.3 is 4.74 Å². The van der Waals surface area contributed by atoms with E-state index < -0.39 is 0 Å². The van der Waals surface area contributed by atoms with Crippen molar-refractivity contribution in [3.8, 4) is 0 Å². The number of carbonyl (C=O) groups excluding carboxylic acids is 1. The summed E-state index contributed by atoms with van der Waals surface area (Å²) < 4.78 is 6.03. The number of carbonyl (C=O) groups is 1. The van der Waals surface area contributed by atoms with Gasteiger partial charge in [-0.25, -0.2) is 0 Å². The number of cyclic esters (lactones) is 1. The molecule has 0 unspecified atom stereocenters. The van der Waals surface area contributed by atoms with E-state index in [1.165, 1.54) is 0 Å². The second kappa shape index (κ2) is 4.13. The minimum atomic E-state index is -0.127. The Hall–Kier alpha value is -0.830. The summed E-state index contributed by atoms with van der Waals surface area (Å²) in [6.45, 7) is 0. The fourth-order valence-electron chi connectivity index (χ4n) is 1.55. The third-order valence-electron chi connectivity index (χ3n) is 2.29. The van der Waals surface area contributed by atoms with E-state index in [9.17, 15) is 4.79 Å².